The third kappa shape index (κ3) is 5.03. The van der Waals surface area contributed by atoms with E-state index in [9.17, 15) is 0 Å². The van der Waals surface area contributed by atoms with Gasteiger partial charge >= 0.3 is 0 Å². The van der Waals surface area contributed by atoms with E-state index >= 15 is 0 Å². The molecule has 1 unspecified atom stereocenters. The lowest BCUT2D eigenvalue weighted by Gasteiger charge is -2.35. The molecule has 0 saturated carbocycles. The summed E-state index contributed by atoms with van der Waals surface area (Å²) in [5.41, 5.74) is 2.26. The van der Waals surface area contributed by atoms with Gasteiger partial charge in [-0.1, -0.05) is 30.3 Å². The van der Waals surface area contributed by atoms with E-state index in [1.54, 1.807) is 14.2 Å². The van der Waals surface area contributed by atoms with Crippen LogP contribution in [0.15, 0.2) is 54.6 Å². The van der Waals surface area contributed by atoms with Gasteiger partial charge in [-0.15, -0.1) is 11.3 Å². The van der Waals surface area contributed by atoms with Crippen LogP contribution in [-0.4, -0.2) is 45.3 Å². The molecule has 2 heterocycles. The molecule has 0 bridgehead atoms. The topological polar surface area (TPSA) is 43.0 Å². The van der Waals surface area contributed by atoms with E-state index in [2.05, 4.69) is 41.4 Å². The summed E-state index contributed by atoms with van der Waals surface area (Å²) in [6.45, 7) is 6.60. The lowest BCUT2D eigenvalue weighted by atomic mass is 10.0. The molecule has 2 aromatic carbocycles. The van der Waals surface area contributed by atoms with E-state index in [4.69, 9.17) is 14.2 Å². The second-order valence-electron chi connectivity index (χ2n) is 7.67. The monoisotopic (exact) mass is 438 g/mol. The van der Waals surface area contributed by atoms with Gasteiger partial charge in [0, 0.05) is 35.9 Å². The van der Waals surface area contributed by atoms with E-state index in [0.717, 1.165) is 37.3 Å². The van der Waals surface area contributed by atoms with E-state index < -0.39 is 0 Å². The van der Waals surface area contributed by atoms with Crippen LogP contribution in [0.3, 0.4) is 0 Å². The van der Waals surface area contributed by atoms with Gasteiger partial charge in [0.15, 0.2) is 11.5 Å². The van der Waals surface area contributed by atoms with Crippen molar-refractivity contribution in [1.29, 1.82) is 0 Å². The number of benzene rings is 2. The van der Waals surface area contributed by atoms with Gasteiger partial charge in [-0.25, -0.2) is 0 Å². The molecule has 164 valence electrons. The Bertz CT molecular complexity index is 958. The van der Waals surface area contributed by atoms with Crippen molar-refractivity contribution < 1.29 is 14.2 Å². The van der Waals surface area contributed by atoms with Crippen LogP contribution >= 0.6 is 11.3 Å². The van der Waals surface area contributed by atoms with Gasteiger partial charge in [-0.3, -0.25) is 4.90 Å². The fraction of sp³-hybridized carbons (Fsp3) is 0.360. The van der Waals surface area contributed by atoms with Crippen LogP contribution in [0.1, 0.15) is 26.9 Å². The van der Waals surface area contributed by atoms with Crippen molar-refractivity contribution in [3.05, 3.63) is 75.5 Å². The van der Waals surface area contributed by atoms with Gasteiger partial charge in [-0.05, 0) is 42.3 Å². The maximum atomic E-state index is 6.16. The number of hydrogen-bond donors (Lipinski definition) is 1. The second-order valence-corrected chi connectivity index (χ2v) is 8.99. The minimum atomic E-state index is 0.159. The van der Waals surface area contributed by atoms with Crippen LogP contribution in [-0.2, 0) is 6.61 Å². The van der Waals surface area contributed by atoms with Crippen molar-refractivity contribution in [3.8, 4) is 17.2 Å². The molecule has 1 aromatic heterocycles. The largest absolute Gasteiger partial charge is 0.493 e. The molecular weight excluding hydrogens is 408 g/mol. The lowest BCUT2D eigenvalue weighted by Crippen LogP contribution is -2.45. The van der Waals surface area contributed by atoms with E-state index in [1.165, 1.54) is 9.75 Å². The number of thiophene rings is 1. The van der Waals surface area contributed by atoms with Gasteiger partial charge in [0.2, 0.25) is 5.75 Å². The van der Waals surface area contributed by atoms with E-state index in [0.29, 0.717) is 23.9 Å². The Labute approximate surface area is 188 Å². The lowest BCUT2D eigenvalue weighted by molar-refractivity contribution is 0.199. The molecule has 4 rings (SSSR count). The highest BCUT2D eigenvalue weighted by atomic mass is 32.1. The number of piperazine rings is 1. The third-order valence-corrected chi connectivity index (χ3v) is 6.63. The summed E-state index contributed by atoms with van der Waals surface area (Å²) >= 11 is 1.85. The van der Waals surface area contributed by atoms with Crippen LogP contribution in [0.25, 0.3) is 0 Å². The highest BCUT2D eigenvalue weighted by Gasteiger charge is 2.28. The highest BCUT2D eigenvalue weighted by Crippen LogP contribution is 2.43. The maximum absolute atomic E-state index is 6.16. The number of nitrogens with zero attached hydrogens (tertiary/aromatic N) is 1. The van der Waals surface area contributed by atoms with Gasteiger partial charge in [0.25, 0.3) is 0 Å². The summed E-state index contributed by atoms with van der Waals surface area (Å²) < 4.78 is 17.7. The zero-order chi connectivity index (χ0) is 21.6. The summed E-state index contributed by atoms with van der Waals surface area (Å²) in [6.07, 6.45) is 0. The van der Waals surface area contributed by atoms with Crippen molar-refractivity contribution in [2.24, 2.45) is 0 Å². The van der Waals surface area contributed by atoms with Crippen LogP contribution in [0.4, 0.5) is 0 Å². The molecular formula is C25H30N2O3S. The summed E-state index contributed by atoms with van der Waals surface area (Å²) in [5.74, 6) is 2.02. The molecule has 1 atom stereocenters. The van der Waals surface area contributed by atoms with Crippen molar-refractivity contribution >= 4 is 11.3 Å². The first-order chi connectivity index (χ1) is 15.2. The Morgan fingerprint density at radius 2 is 1.65 bits per heavy atom. The molecule has 0 radical (unpaired) electrons. The average molecular weight is 439 g/mol. The first kappa shape index (κ1) is 21.7. The SMILES string of the molecule is COc1cc(C(c2ccc(C)s2)N2CCNCC2)cc(OC)c1OCc1ccccc1. The summed E-state index contributed by atoms with van der Waals surface area (Å²) in [5, 5.41) is 3.46. The molecule has 31 heavy (non-hydrogen) atoms. The Balaban J connectivity index is 1.70. The van der Waals surface area contributed by atoms with Gasteiger partial charge in [0.05, 0.1) is 20.3 Å². The first-order valence-corrected chi connectivity index (χ1v) is 11.4. The van der Waals surface area contributed by atoms with E-state index in [-0.39, 0.29) is 6.04 Å². The maximum Gasteiger partial charge on any atom is 0.203 e. The molecule has 5 nitrogen and oxygen atoms in total. The standard InChI is InChI=1S/C25H30N2O3S/c1-18-9-10-23(31-18)24(27-13-11-26-12-14-27)20-15-21(28-2)25(22(16-20)29-3)30-17-19-7-5-4-6-8-19/h4-10,15-16,24,26H,11-14,17H2,1-3H3. The normalized spacial score (nSPS) is 15.5. The fourth-order valence-electron chi connectivity index (χ4n) is 4.03. The molecule has 0 aliphatic carbocycles. The number of hydrogen-bond acceptors (Lipinski definition) is 6. The zero-order valence-electron chi connectivity index (χ0n) is 18.4. The molecule has 1 fully saturated rings. The highest BCUT2D eigenvalue weighted by molar-refractivity contribution is 7.12. The summed E-state index contributed by atoms with van der Waals surface area (Å²) in [6, 6.07) is 18.9. The molecule has 1 aliphatic rings. The van der Waals surface area contributed by atoms with Gasteiger partial charge in [-0.2, -0.15) is 0 Å². The number of rotatable bonds is 8. The summed E-state index contributed by atoms with van der Waals surface area (Å²) in [4.78, 5) is 5.18. The zero-order valence-corrected chi connectivity index (χ0v) is 19.2. The van der Waals surface area contributed by atoms with Crippen molar-refractivity contribution in [2.45, 2.75) is 19.6 Å². The molecule has 1 N–H and O–H groups in total. The molecule has 0 spiro atoms. The van der Waals surface area contributed by atoms with Crippen molar-refractivity contribution in [1.82, 2.24) is 10.2 Å². The van der Waals surface area contributed by atoms with Crippen LogP contribution in [0.5, 0.6) is 17.2 Å². The van der Waals surface area contributed by atoms with E-state index in [1.807, 2.05) is 41.7 Å². The first-order valence-electron chi connectivity index (χ1n) is 10.6. The quantitative estimate of drug-likeness (QED) is 0.555. The Kier molecular flexibility index (Phi) is 7.12. The molecule has 1 saturated heterocycles. The van der Waals surface area contributed by atoms with Crippen LogP contribution in [0, 0.1) is 6.92 Å². The van der Waals surface area contributed by atoms with Gasteiger partial charge in [0.1, 0.15) is 6.61 Å². The Hall–Kier alpha value is -2.54. The number of ether oxygens (including phenoxy) is 3. The third-order valence-electron chi connectivity index (χ3n) is 5.57. The Morgan fingerprint density at radius 3 is 2.23 bits per heavy atom. The summed E-state index contributed by atoms with van der Waals surface area (Å²) in [7, 11) is 3.37. The van der Waals surface area contributed by atoms with Crippen molar-refractivity contribution in [2.75, 3.05) is 40.4 Å². The molecule has 0 amide bonds. The van der Waals surface area contributed by atoms with Gasteiger partial charge < -0.3 is 19.5 Å². The van der Waals surface area contributed by atoms with Crippen LogP contribution < -0.4 is 19.5 Å². The predicted molar refractivity (Wildman–Crippen MR) is 126 cm³/mol. The average Bonchev–Trinajstić information content (AvgIpc) is 3.24. The fourth-order valence-corrected chi connectivity index (χ4v) is 5.07. The second kappa shape index (κ2) is 10.2. The molecule has 6 heteroatoms. The van der Waals surface area contributed by atoms with Crippen molar-refractivity contribution in [3.63, 3.8) is 0 Å². The smallest absolute Gasteiger partial charge is 0.203 e. The minimum absolute atomic E-state index is 0.159. The number of aryl methyl sites for hydroxylation is 1. The molecule has 3 aromatic rings. The number of methoxy groups -OCH3 is 2. The minimum Gasteiger partial charge on any atom is -0.493 e. The Morgan fingerprint density at radius 1 is 0.968 bits per heavy atom. The van der Waals surface area contributed by atoms with Crippen LogP contribution in [0.2, 0.25) is 0 Å². The molecule has 1 aliphatic heterocycles. The predicted octanol–water partition coefficient (Wildman–Crippen LogP) is 4.65. The number of nitrogens with one attached hydrogen (secondary N) is 1.